The van der Waals surface area contributed by atoms with Crippen molar-refractivity contribution in [3.63, 3.8) is 0 Å². The Bertz CT molecular complexity index is 170. The molecule has 0 aromatic carbocycles. The highest BCUT2D eigenvalue weighted by Crippen LogP contribution is 2.06. The molecule has 1 rings (SSSR count). The molecule has 6 N–H and O–H groups in total. The molecule has 0 aliphatic carbocycles. The molecule has 0 radical (unpaired) electrons. The molecule has 4 nitrogen and oxygen atoms in total. The molecule has 0 spiro atoms. The first-order valence-electron chi connectivity index (χ1n) is 2.19. The average Bonchev–Trinajstić information content (AvgIpc) is 1.98. The Morgan fingerprint density at radius 1 is 1.12 bits per heavy atom. The Balaban J connectivity index is 3.19. The zero-order valence-corrected chi connectivity index (χ0v) is 4.33. The van der Waals surface area contributed by atoms with Crippen LogP contribution in [0.3, 0.4) is 0 Å². The van der Waals surface area contributed by atoms with Gasteiger partial charge in [0, 0.05) is 0 Å². The molecule has 0 unspecified atom stereocenters. The van der Waals surface area contributed by atoms with Crippen LogP contribution in [-0.4, -0.2) is 4.68 Å². The molecule has 8 heavy (non-hydrogen) atoms. The lowest BCUT2D eigenvalue weighted by Gasteiger charge is -1.96. The highest BCUT2D eigenvalue weighted by atomic mass is 15.3. The Labute approximate surface area is 46.8 Å². The van der Waals surface area contributed by atoms with Crippen LogP contribution < -0.4 is 17.3 Å². The molecular weight excluding hydrogens is 104 g/mol. The minimum atomic E-state index is 0.475. The summed E-state index contributed by atoms with van der Waals surface area (Å²) in [5, 5.41) is 0. The Morgan fingerprint density at radius 3 is 1.62 bits per heavy atom. The summed E-state index contributed by atoms with van der Waals surface area (Å²) >= 11 is 0. The van der Waals surface area contributed by atoms with Crippen molar-refractivity contribution in [2.75, 3.05) is 17.3 Å². The maximum atomic E-state index is 5.30. The van der Waals surface area contributed by atoms with Crippen LogP contribution in [0, 0.1) is 0 Å². The molecule has 0 amide bonds. The Morgan fingerprint density at radius 2 is 1.50 bits per heavy atom. The van der Waals surface area contributed by atoms with E-state index >= 15 is 0 Å². The van der Waals surface area contributed by atoms with Gasteiger partial charge in [0.2, 0.25) is 0 Å². The number of nitrogens with zero attached hydrogens (tertiary/aromatic N) is 1. The van der Waals surface area contributed by atoms with Crippen molar-refractivity contribution < 1.29 is 0 Å². The van der Waals surface area contributed by atoms with Gasteiger partial charge in [-0.1, -0.05) is 0 Å². The number of rotatable bonds is 0. The second-order valence-electron chi connectivity index (χ2n) is 1.55. The molecule has 1 aromatic heterocycles. The highest BCUT2D eigenvalue weighted by Gasteiger charge is 1.93. The summed E-state index contributed by atoms with van der Waals surface area (Å²) in [6, 6.07) is 3.30. The Kier molecular flexibility index (Phi) is 0.802. The predicted molar refractivity (Wildman–Crippen MR) is 33.4 cm³/mol. The van der Waals surface area contributed by atoms with Crippen LogP contribution in [-0.2, 0) is 0 Å². The highest BCUT2D eigenvalue weighted by molar-refractivity contribution is 5.44. The van der Waals surface area contributed by atoms with E-state index in [4.69, 9.17) is 17.3 Å². The molecule has 0 fully saturated rings. The minimum Gasteiger partial charge on any atom is -0.384 e. The van der Waals surface area contributed by atoms with E-state index in [9.17, 15) is 0 Å². The van der Waals surface area contributed by atoms with Crippen molar-refractivity contribution in [2.24, 2.45) is 0 Å². The number of hydrogen-bond donors (Lipinski definition) is 3. The van der Waals surface area contributed by atoms with Crippen LogP contribution >= 0.6 is 0 Å². The molecule has 0 saturated carbocycles. The van der Waals surface area contributed by atoms with Crippen molar-refractivity contribution in [1.82, 2.24) is 4.68 Å². The summed E-state index contributed by atoms with van der Waals surface area (Å²) in [5.74, 6) is 6.22. The summed E-state index contributed by atoms with van der Waals surface area (Å²) in [7, 11) is 0. The van der Waals surface area contributed by atoms with Crippen LogP contribution in [0.15, 0.2) is 12.1 Å². The molecule has 0 aliphatic rings. The van der Waals surface area contributed by atoms with Gasteiger partial charge in [0.25, 0.3) is 0 Å². The quantitative estimate of drug-likeness (QED) is 0.390. The van der Waals surface area contributed by atoms with E-state index in [1.54, 1.807) is 12.1 Å². The number of nitrogen functional groups attached to an aromatic ring is 3. The minimum absolute atomic E-state index is 0.475. The summed E-state index contributed by atoms with van der Waals surface area (Å²) in [5.41, 5.74) is 10.6. The zero-order chi connectivity index (χ0) is 6.15. The summed E-state index contributed by atoms with van der Waals surface area (Å²) < 4.78 is 1.22. The third kappa shape index (κ3) is 0.465. The van der Waals surface area contributed by atoms with Gasteiger partial charge in [0.15, 0.2) is 0 Å². The average molecular weight is 112 g/mol. The lowest BCUT2D eigenvalue weighted by Crippen LogP contribution is -2.13. The number of anilines is 2. The molecular formula is C4H8N4. The van der Waals surface area contributed by atoms with E-state index in [1.807, 2.05) is 0 Å². The van der Waals surface area contributed by atoms with E-state index in [0.29, 0.717) is 11.6 Å². The number of nitrogens with two attached hydrogens (primary N) is 3. The van der Waals surface area contributed by atoms with Crippen LogP contribution in [0.5, 0.6) is 0 Å². The summed E-state index contributed by atoms with van der Waals surface area (Å²) in [6.07, 6.45) is 0. The van der Waals surface area contributed by atoms with Gasteiger partial charge in [-0.3, -0.25) is 0 Å². The lowest BCUT2D eigenvalue weighted by atomic mass is 10.6. The largest absolute Gasteiger partial charge is 0.384 e. The molecule has 0 bridgehead atoms. The first-order chi connectivity index (χ1) is 3.72. The maximum Gasteiger partial charge on any atom is 0.124 e. The molecule has 0 saturated heterocycles. The van der Waals surface area contributed by atoms with E-state index in [2.05, 4.69) is 0 Å². The normalized spacial score (nSPS) is 9.50. The second-order valence-corrected chi connectivity index (χ2v) is 1.55. The van der Waals surface area contributed by atoms with Gasteiger partial charge in [-0.15, -0.1) is 0 Å². The van der Waals surface area contributed by atoms with Crippen molar-refractivity contribution in [3.05, 3.63) is 12.1 Å². The fourth-order valence-corrected chi connectivity index (χ4v) is 0.480. The van der Waals surface area contributed by atoms with E-state index < -0.39 is 0 Å². The van der Waals surface area contributed by atoms with Gasteiger partial charge in [-0.25, -0.2) is 4.68 Å². The van der Waals surface area contributed by atoms with Crippen LogP contribution in [0.25, 0.3) is 0 Å². The Hall–Kier alpha value is -1.32. The number of hydrogen-bond acceptors (Lipinski definition) is 3. The van der Waals surface area contributed by atoms with Gasteiger partial charge in [-0.05, 0) is 12.1 Å². The van der Waals surface area contributed by atoms with E-state index in [1.165, 1.54) is 4.68 Å². The fourth-order valence-electron chi connectivity index (χ4n) is 0.480. The summed E-state index contributed by atoms with van der Waals surface area (Å²) in [6.45, 7) is 0. The monoisotopic (exact) mass is 112 g/mol. The summed E-state index contributed by atoms with van der Waals surface area (Å²) in [4.78, 5) is 0. The van der Waals surface area contributed by atoms with Crippen molar-refractivity contribution in [1.29, 1.82) is 0 Å². The maximum absolute atomic E-state index is 5.30. The van der Waals surface area contributed by atoms with Gasteiger partial charge < -0.3 is 17.3 Å². The molecule has 0 aliphatic heterocycles. The topological polar surface area (TPSA) is 83.0 Å². The first-order valence-corrected chi connectivity index (χ1v) is 2.19. The lowest BCUT2D eigenvalue weighted by molar-refractivity contribution is 1.05. The van der Waals surface area contributed by atoms with Crippen molar-refractivity contribution >= 4 is 11.6 Å². The first kappa shape index (κ1) is 4.83. The smallest absolute Gasteiger partial charge is 0.124 e. The van der Waals surface area contributed by atoms with Gasteiger partial charge in [0.1, 0.15) is 11.6 Å². The standard InChI is InChI=1S/C4H8N4/c5-3-1-2-4(6)8(3)7/h1-2H,5-7H2. The SMILES string of the molecule is Nc1ccc(N)n1N. The van der Waals surface area contributed by atoms with Crippen LogP contribution in [0.2, 0.25) is 0 Å². The van der Waals surface area contributed by atoms with Gasteiger partial charge in [0.05, 0.1) is 0 Å². The third-order valence-electron chi connectivity index (χ3n) is 0.981. The van der Waals surface area contributed by atoms with E-state index in [0.717, 1.165) is 0 Å². The van der Waals surface area contributed by atoms with Crippen molar-refractivity contribution in [2.45, 2.75) is 0 Å². The zero-order valence-electron chi connectivity index (χ0n) is 4.33. The van der Waals surface area contributed by atoms with Gasteiger partial charge in [-0.2, -0.15) is 0 Å². The van der Waals surface area contributed by atoms with Crippen molar-refractivity contribution in [3.8, 4) is 0 Å². The molecule has 44 valence electrons. The second kappa shape index (κ2) is 1.33. The molecule has 1 aromatic rings. The predicted octanol–water partition coefficient (Wildman–Crippen LogP) is -0.634. The molecule has 4 heteroatoms. The third-order valence-corrected chi connectivity index (χ3v) is 0.981. The molecule has 0 atom stereocenters. The van der Waals surface area contributed by atoms with Gasteiger partial charge >= 0.3 is 0 Å². The number of aromatic nitrogens is 1. The van der Waals surface area contributed by atoms with Crippen LogP contribution in [0.4, 0.5) is 11.6 Å². The van der Waals surface area contributed by atoms with E-state index in [-0.39, 0.29) is 0 Å². The molecule has 1 heterocycles. The fraction of sp³-hybridized carbons (Fsp3) is 0. The van der Waals surface area contributed by atoms with Crippen LogP contribution in [0.1, 0.15) is 0 Å².